The van der Waals surface area contributed by atoms with Crippen molar-refractivity contribution in [3.8, 4) is 0 Å². The average molecular weight is 221 g/mol. The maximum atomic E-state index is 11.7. The summed E-state index contributed by atoms with van der Waals surface area (Å²) in [5.74, 6) is -1.34. The number of hydrogen-bond donors (Lipinski definition) is 2. The van der Waals surface area contributed by atoms with Crippen molar-refractivity contribution >= 4 is 17.4 Å². The first-order chi connectivity index (χ1) is 7.31. The molecule has 16 heavy (non-hydrogen) atoms. The Kier molecular flexibility index (Phi) is 3.27. The highest BCUT2D eigenvalue weighted by molar-refractivity contribution is 6.43. The zero-order valence-corrected chi connectivity index (χ0v) is 9.57. The summed E-state index contributed by atoms with van der Waals surface area (Å²) in [6.07, 6.45) is 2.76. The van der Waals surface area contributed by atoms with Crippen molar-refractivity contribution in [2.45, 2.75) is 26.3 Å². The maximum absolute atomic E-state index is 11.7. The van der Waals surface area contributed by atoms with Gasteiger partial charge in [0, 0.05) is 23.6 Å². The number of carbonyl (C=O) groups excluding carboxylic acids is 2. The standard InChI is InChI=1S/C11H15N3O2/c1-11(2,3)14-10(16)9(15)7-6-13-5-4-8(7)12/h4-6H,1-3H3,(H2,12,13)(H,14,16). The Balaban J connectivity index is 2.88. The lowest BCUT2D eigenvalue weighted by molar-refractivity contribution is -0.118. The molecule has 1 heterocycles. The molecule has 0 radical (unpaired) electrons. The van der Waals surface area contributed by atoms with Crippen LogP contribution in [0.25, 0.3) is 0 Å². The van der Waals surface area contributed by atoms with E-state index in [4.69, 9.17) is 5.73 Å². The number of nitrogens with one attached hydrogen (secondary N) is 1. The van der Waals surface area contributed by atoms with Crippen molar-refractivity contribution in [3.05, 3.63) is 24.0 Å². The molecule has 0 saturated heterocycles. The molecule has 1 rings (SSSR count). The zero-order valence-electron chi connectivity index (χ0n) is 9.57. The lowest BCUT2D eigenvalue weighted by Crippen LogP contribution is -2.44. The van der Waals surface area contributed by atoms with Gasteiger partial charge in [0.05, 0.1) is 5.56 Å². The summed E-state index contributed by atoms with van der Waals surface area (Å²) in [6.45, 7) is 5.39. The normalized spacial score (nSPS) is 10.9. The lowest BCUT2D eigenvalue weighted by Gasteiger charge is -2.19. The van der Waals surface area contributed by atoms with Crippen LogP contribution in [0.4, 0.5) is 5.69 Å². The number of nitrogens with two attached hydrogens (primary N) is 1. The van der Waals surface area contributed by atoms with Gasteiger partial charge < -0.3 is 11.1 Å². The smallest absolute Gasteiger partial charge is 0.292 e. The number of pyridine rings is 1. The highest BCUT2D eigenvalue weighted by Crippen LogP contribution is 2.10. The predicted octanol–water partition coefficient (Wildman–Crippen LogP) is 0.761. The third-order valence-electron chi connectivity index (χ3n) is 1.79. The van der Waals surface area contributed by atoms with E-state index in [2.05, 4.69) is 10.3 Å². The van der Waals surface area contributed by atoms with E-state index in [1.807, 2.05) is 0 Å². The lowest BCUT2D eigenvalue weighted by atomic mass is 10.1. The van der Waals surface area contributed by atoms with E-state index >= 15 is 0 Å². The first kappa shape index (κ1) is 12.2. The topological polar surface area (TPSA) is 85.1 Å². The molecule has 3 N–H and O–H groups in total. The quantitative estimate of drug-likeness (QED) is 0.570. The Bertz CT molecular complexity index is 421. The molecule has 1 aromatic heterocycles. The van der Waals surface area contributed by atoms with Crippen molar-refractivity contribution in [3.63, 3.8) is 0 Å². The van der Waals surface area contributed by atoms with Crippen LogP contribution in [-0.2, 0) is 4.79 Å². The van der Waals surface area contributed by atoms with Gasteiger partial charge in [0.25, 0.3) is 11.7 Å². The number of ketones is 1. The summed E-state index contributed by atoms with van der Waals surface area (Å²) in [5.41, 5.74) is 5.51. The van der Waals surface area contributed by atoms with E-state index in [0.717, 1.165) is 0 Å². The van der Waals surface area contributed by atoms with E-state index in [0.29, 0.717) is 0 Å². The number of nitrogens with zero attached hydrogens (tertiary/aromatic N) is 1. The largest absolute Gasteiger partial charge is 0.398 e. The molecule has 5 heteroatoms. The Morgan fingerprint density at radius 3 is 2.50 bits per heavy atom. The fourth-order valence-corrected chi connectivity index (χ4v) is 1.11. The molecular formula is C11H15N3O2. The fourth-order valence-electron chi connectivity index (χ4n) is 1.11. The van der Waals surface area contributed by atoms with Crippen molar-refractivity contribution in [2.75, 3.05) is 5.73 Å². The second kappa shape index (κ2) is 4.30. The zero-order chi connectivity index (χ0) is 12.3. The van der Waals surface area contributed by atoms with Gasteiger partial charge in [-0.15, -0.1) is 0 Å². The highest BCUT2D eigenvalue weighted by atomic mass is 16.2. The SMILES string of the molecule is CC(C)(C)NC(=O)C(=O)c1cnccc1N. The second-order valence-corrected chi connectivity index (χ2v) is 4.50. The monoisotopic (exact) mass is 221 g/mol. The summed E-state index contributed by atoms with van der Waals surface area (Å²) in [7, 11) is 0. The number of anilines is 1. The maximum Gasteiger partial charge on any atom is 0.292 e. The molecule has 0 aliphatic heterocycles. The van der Waals surface area contributed by atoms with Gasteiger partial charge in [-0.3, -0.25) is 14.6 Å². The summed E-state index contributed by atoms with van der Waals surface area (Å²) in [4.78, 5) is 27.0. The molecule has 0 aromatic carbocycles. The van der Waals surface area contributed by atoms with Crippen LogP contribution in [0.1, 0.15) is 31.1 Å². The molecule has 0 aliphatic carbocycles. The molecule has 0 fully saturated rings. The van der Waals surface area contributed by atoms with Crippen LogP contribution in [0.2, 0.25) is 0 Å². The number of rotatable bonds is 2. The van der Waals surface area contributed by atoms with E-state index in [9.17, 15) is 9.59 Å². The molecule has 1 aromatic rings. The van der Waals surface area contributed by atoms with Gasteiger partial charge in [0.1, 0.15) is 0 Å². The Hall–Kier alpha value is -1.91. The van der Waals surface area contributed by atoms with E-state index in [1.165, 1.54) is 18.5 Å². The molecular weight excluding hydrogens is 206 g/mol. The van der Waals surface area contributed by atoms with Crippen LogP contribution in [0.5, 0.6) is 0 Å². The molecule has 5 nitrogen and oxygen atoms in total. The van der Waals surface area contributed by atoms with Crippen molar-refractivity contribution in [1.82, 2.24) is 10.3 Å². The van der Waals surface area contributed by atoms with Crippen LogP contribution in [-0.4, -0.2) is 22.2 Å². The Morgan fingerprint density at radius 1 is 1.38 bits per heavy atom. The van der Waals surface area contributed by atoms with Gasteiger partial charge in [-0.25, -0.2) is 0 Å². The first-order valence-electron chi connectivity index (χ1n) is 4.87. The van der Waals surface area contributed by atoms with Crippen LogP contribution in [0, 0.1) is 0 Å². The van der Waals surface area contributed by atoms with Gasteiger partial charge in [-0.2, -0.15) is 0 Å². The second-order valence-electron chi connectivity index (χ2n) is 4.50. The molecule has 0 bridgehead atoms. The van der Waals surface area contributed by atoms with E-state index < -0.39 is 17.2 Å². The van der Waals surface area contributed by atoms with Crippen molar-refractivity contribution < 1.29 is 9.59 Å². The van der Waals surface area contributed by atoms with Gasteiger partial charge in [0.2, 0.25) is 0 Å². The van der Waals surface area contributed by atoms with E-state index in [-0.39, 0.29) is 11.3 Å². The summed E-state index contributed by atoms with van der Waals surface area (Å²) < 4.78 is 0. The number of nitrogen functional groups attached to an aromatic ring is 1. The predicted molar refractivity (Wildman–Crippen MR) is 60.9 cm³/mol. The molecule has 0 atom stereocenters. The first-order valence-corrected chi connectivity index (χ1v) is 4.87. The minimum absolute atomic E-state index is 0.129. The summed E-state index contributed by atoms with van der Waals surface area (Å²) in [5, 5.41) is 2.57. The van der Waals surface area contributed by atoms with Crippen LogP contribution in [0.15, 0.2) is 18.5 Å². The summed E-state index contributed by atoms with van der Waals surface area (Å²) >= 11 is 0. The molecule has 0 saturated carbocycles. The Labute approximate surface area is 94.1 Å². The third-order valence-corrected chi connectivity index (χ3v) is 1.79. The number of Topliss-reactive ketones (excluding diaryl/α,β-unsaturated/α-hetero) is 1. The van der Waals surface area contributed by atoms with Crippen LogP contribution < -0.4 is 11.1 Å². The fraction of sp³-hybridized carbons (Fsp3) is 0.364. The molecule has 86 valence electrons. The number of hydrogen-bond acceptors (Lipinski definition) is 4. The highest BCUT2D eigenvalue weighted by Gasteiger charge is 2.23. The summed E-state index contributed by atoms with van der Waals surface area (Å²) in [6, 6.07) is 1.48. The number of carbonyl (C=O) groups is 2. The third kappa shape index (κ3) is 3.05. The minimum Gasteiger partial charge on any atom is -0.398 e. The number of amides is 1. The minimum atomic E-state index is -0.674. The molecule has 1 amide bonds. The van der Waals surface area contributed by atoms with Crippen LogP contribution in [0.3, 0.4) is 0 Å². The van der Waals surface area contributed by atoms with E-state index in [1.54, 1.807) is 20.8 Å². The average Bonchev–Trinajstić information content (AvgIpc) is 2.15. The van der Waals surface area contributed by atoms with Gasteiger partial charge in [-0.1, -0.05) is 0 Å². The van der Waals surface area contributed by atoms with Crippen molar-refractivity contribution in [2.24, 2.45) is 0 Å². The molecule has 0 aliphatic rings. The van der Waals surface area contributed by atoms with Gasteiger partial charge in [0.15, 0.2) is 0 Å². The number of aromatic nitrogens is 1. The van der Waals surface area contributed by atoms with Crippen molar-refractivity contribution in [1.29, 1.82) is 0 Å². The van der Waals surface area contributed by atoms with Crippen LogP contribution >= 0.6 is 0 Å². The van der Waals surface area contributed by atoms with Gasteiger partial charge >= 0.3 is 0 Å². The molecule has 0 spiro atoms. The Morgan fingerprint density at radius 2 is 2.00 bits per heavy atom. The van der Waals surface area contributed by atoms with Gasteiger partial charge in [-0.05, 0) is 26.8 Å². The molecule has 0 unspecified atom stereocenters.